The van der Waals surface area contributed by atoms with Crippen molar-refractivity contribution in [2.75, 3.05) is 0 Å². The summed E-state index contributed by atoms with van der Waals surface area (Å²) in [6.07, 6.45) is -0.626. The van der Waals surface area contributed by atoms with Gasteiger partial charge in [0, 0.05) is 0 Å². The van der Waals surface area contributed by atoms with E-state index in [1.807, 2.05) is 32.9 Å². The van der Waals surface area contributed by atoms with Crippen LogP contribution < -0.4 is 5.73 Å². The van der Waals surface area contributed by atoms with Crippen LogP contribution in [-0.4, -0.2) is 16.3 Å². The Morgan fingerprint density at radius 2 is 1.56 bits per heavy atom. The second-order valence-corrected chi connectivity index (χ2v) is 7.49. The van der Waals surface area contributed by atoms with Gasteiger partial charge in [-0.3, -0.25) is 0 Å². The van der Waals surface area contributed by atoms with Crippen LogP contribution in [0.25, 0.3) is 0 Å². The molecule has 0 aliphatic rings. The van der Waals surface area contributed by atoms with Crippen LogP contribution in [0, 0.1) is 12.6 Å². The van der Waals surface area contributed by atoms with E-state index >= 15 is 0 Å². The first kappa shape index (κ1) is 18.7. The Labute approximate surface area is 141 Å². The van der Waals surface area contributed by atoms with Crippen molar-refractivity contribution in [2.45, 2.75) is 32.9 Å². The van der Waals surface area contributed by atoms with Gasteiger partial charge in [-0.25, -0.2) is 0 Å². The predicted octanol–water partition coefficient (Wildman–Crippen LogP) is 3.43. The minimum atomic E-state index is -0.626. The van der Waals surface area contributed by atoms with Crippen molar-refractivity contribution in [3.63, 3.8) is 0 Å². The molecule has 0 aliphatic heterocycles. The number of phenols is 1. The molecular weight excluding hydrogens is 479 g/mol. The van der Waals surface area contributed by atoms with Gasteiger partial charge in [0.1, 0.15) is 5.75 Å². The highest BCUT2D eigenvalue weighted by atomic mass is 127. The Balaban J connectivity index is 0.00000289. The van der Waals surface area contributed by atoms with Crippen LogP contribution in [-0.2, 0) is 0 Å². The molecule has 3 nitrogen and oxygen atoms in total. The van der Waals surface area contributed by atoms with E-state index in [9.17, 15) is 10.2 Å². The summed E-state index contributed by atoms with van der Waals surface area (Å²) in [4.78, 5) is 0. The van der Waals surface area contributed by atoms with Gasteiger partial charge in [0.25, 0.3) is 0 Å². The zero-order valence-corrected chi connectivity index (χ0v) is 15.6. The van der Waals surface area contributed by atoms with Crippen LogP contribution >= 0.6 is 57.6 Å². The molecule has 104 valence electrons. The van der Waals surface area contributed by atoms with Crippen molar-refractivity contribution in [2.24, 2.45) is 11.1 Å². The average molecular weight is 498 g/mol. The molecule has 6 heteroatoms. The van der Waals surface area contributed by atoms with Gasteiger partial charge in [-0.1, -0.05) is 20.8 Å². The molecule has 2 atom stereocenters. The number of benzene rings is 1. The van der Waals surface area contributed by atoms with Gasteiger partial charge in [-0.2, -0.15) is 0 Å². The topological polar surface area (TPSA) is 66.5 Å². The van der Waals surface area contributed by atoms with Gasteiger partial charge in [0.2, 0.25) is 0 Å². The molecule has 0 aliphatic carbocycles. The quantitative estimate of drug-likeness (QED) is 0.549. The fraction of sp³-hybridized carbons (Fsp3) is 0.500. The first-order chi connectivity index (χ1) is 7.64. The molecule has 18 heavy (non-hydrogen) atoms. The van der Waals surface area contributed by atoms with Gasteiger partial charge >= 0.3 is 0 Å². The number of halogens is 3. The highest BCUT2D eigenvalue weighted by Crippen LogP contribution is 2.33. The van der Waals surface area contributed by atoms with Crippen LogP contribution in [0.15, 0.2) is 12.1 Å². The van der Waals surface area contributed by atoms with E-state index in [4.69, 9.17) is 5.73 Å². The molecule has 0 radical (unpaired) electrons. The zero-order valence-electron chi connectivity index (χ0n) is 10.4. The van der Waals surface area contributed by atoms with Crippen molar-refractivity contribution in [3.05, 3.63) is 24.8 Å². The molecule has 1 rings (SSSR count). The lowest BCUT2D eigenvalue weighted by atomic mass is 9.82. The molecular formula is C12H18ClI2NO2. The molecule has 0 fully saturated rings. The third-order valence-corrected chi connectivity index (χ3v) is 4.30. The minimum Gasteiger partial charge on any atom is -0.506 e. The first-order valence-electron chi connectivity index (χ1n) is 5.26. The fourth-order valence-electron chi connectivity index (χ4n) is 1.50. The third-order valence-electron chi connectivity index (χ3n) is 2.65. The van der Waals surface area contributed by atoms with Gasteiger partial charge in [0.15, 0.2) is 0 Å². The highest BCUT2D eigenvalue weighted by molar-refractivity contribution is 14.1. The van der Waals surface area contributed by atoms with Crippen molar-refractivity contribution in [1.29, 1.82) is 0 Å². The Morgan fingerprint density at radius 1 is 1.17 bits per heavy atom. The number of aliphatic hydroxyl groups excluding tert-OH is 1. The van der Waals surface area contributed by atoms with Crippen LogP contribution in [0.5, 0.6) is 5.75 Å². The molecule has 4 N–H and O–H groups in total. The maximum atomic E-state index is 10.2. The van der Waals surface area contributed by atoms with E-state index in [0.717, 1.165) is 12.7 Å². The second kappa shape index (κ2) is 6.92. The molecule has 0 saturated carbocycles. The molecule has 1 aromatic carbocycles. The largest absolute Gasteiger partial charge is 0.506 e. The van der Waals surface area contributed by atoms with Crippen LogP contribution in [0.4, 0.5) is 0 Å². The first-order valence-corrected chi connectivity index (χ1v) is 7.42. The summed E-state index contributed by atoms with van der Waals surface area (Å²) >= 11 is 4.12. The van der Waals surface area contributed by atoms with E-state index in [-0.39, 0.29) is 23.6 Å². The number of phenolic OH excluding ortho intramolecular Hbond substituents is 1. The minimum absolute atomic E-state index is 0. The van der Waals surface area contributed by atoms with E-state index in [2.05, 4.69) is 45.2 Å². The number of rotatable bonds is 2. The lowest BCUT2D eigenvalue weighted by Gasteiger charge is -2.31. The van der Waals surface area contributed by atoms with Crippen LogP contribution in [0.3, 0.4) is 0 Å². The summed E-state index contributed by atoms with van der Waals surface area (Å²) in [5, 5.41) is 19.9. The number of hydrogen-bond acceptors (Lipinski definition) is 3. The maximum absolute atomic E-state index is 10.2. The van der Waals surface area contributed by atoms with E-state index in [1.54, 1.807) is 0 Å². The third kappa shape index (κ3) is 4.36. The molecule has 0 amide bonds. The summed E-state index contributed by atoms with van der Waals surface area (Å²) in [7, 11) is 0. The summed E-state index contributed by atoms with van der Waals surface area (Å²) in [6, 6.07) is 3.19. The van der Waals surface area contributed by atoms with E-state index < -0.39 is 12.1 Å². The smallest absolute Gasteiger partial charge is 0.142 e. The molecule has 0 bridgehead atoms. The van der Waals surface area contributed by atoms with Crippen LogP contribution in [0.1, 0.15) is 32.4 Å². The maximum Gasteiger partial charge on any atom is 0.142 e. The van der Waals surface area contributed by atoms with Crippen molar-refractivity contribution in [3.8, 4) is 5.75 Å². The molecule has 0 aromatic heterocycles. The lowest BCUT2D eigenvalue weighted by Crippen LogP contribution is -2.37. The van der Waals surface area contributed by atoms with Gasteiger partial charge < -0.3 is 15.9 Å². The van der Waals surface area contributed by atoms with Crippen molar-refractivity contribution < 1.29 is 10.2 Å². The molecule has 0 saturated heterocycles. The Bertz CT molecular complexity index is 398. The monoisotopic (exact) mass is 497 g/mol. The molecule has 1 aromatic rings. The number of aromatic hydroxyl groups is 1. The number of aliphatic hydroxyl groups is 1. The lowest BCUT2D eigenvalue weighted by molar-refractivity contribution is 0.0400. The molecule has 0 spiro atoms. The zero-order chi connectivity index (χ0) is 13.4. The van der Waals surface area contributed by atoms with E-state index in [1.165, 1.54) is 0 Å². The summed E-state index contributed by atoms with van der Waals surface area (Å²) in [5.41, 5.74) is 6.65. The average Bonchev–Trinajstić information content (AvgIpc) is 2.21. The molecule has 0 heterocycles. The normalized spacial score (nSPS) is 14.8. The number of nitrogens with two attached hydrogens (primary N) is 1. The fourth-order valence-corrected chi connectivity index (χ4v) is 3.31. The van der Waals surface area contributed by atoms with Crippen molar-refractivity contribution in [1.82, 2.24) is 0 Å². The Kier molecular flexibility index (Phi) is 7.18. The number of hydrogen-bond donors (Lipinski definition) is 3. The second-order valence-electron chi connectivity index (χ2n) is 5.17. The summed E-state index contributed by atoms with van der Waals surface area (Å²) in [6.45, 7) is 5.86. The SMILES string of the molecule is CC(C)(C)[C@H](O)[C@H](N)c1cc(I)c(O)c(I)c1.Cl. The van der Waals surface area contributed by atoms with Gasteiger partial charge in [-0.05, 0) is 68.3 Å². The van der Waals surface area contributed by atoms with E-state index in [0.29, 0.717) is 0 Å². The van der Waals surface area contributed by atoms with Gasteiger partial charge in [0.05, 0.1) is 19.3 Å². The Hall–Kier alpha value is 0.690. The Morgan fingerprint density at radius 3 is 1.89 bits per heavy atom. The van der Waals surface area contributed by atoms with Gasteiger partial charge in [-0.15, -0.1) is 12.4 Å². The molecule has 0 unspecified atom stereocenters. The van der Waals surface area contributed by atoms with Crippen LogP contribution in [0.2, 0.25) is 0 Å². The highest BCUT2D eigenvalue weighted by Gasteiger charge is 2.29. The predicted molar refractivity (Wildman–Crippen MR) is 93.2 cm³/mol. The standard InChI is InChI=1S/C12H17I2NO2.ClH/c1-12(2,3)11(17)9(15)6-4-7(13)10(16)8(14)5-6;/h4-5,9,11,16-17H,15H2,1-3H3;1H/t9-,11-;/m1./s1. The summed E-state index contributed by atoms with van der Waals surface area (Å²) < 4.78 is 1.50. The van der Waals surface area contributed by atoms with Crippen molar-refractivity contribution >= 4 is 57.6 Å². The summed E-state index contributed by atoms with van der Waals surface area (Å²) in [5.74, 6) is 0.271.